The highest BCUT2D eigenvalue weighted by Crippen LogP contribution is 2.36. The molecule has 2 heterocycles. The first-order chi connectivity index (χ1) is 14.6. The minimum atomic E-state index is -0.638. The van der Waals surface area contributed by atoms with E-state index in [0.29, 0.717) is 22.9 Å². The zero-order valence-electron chi connectivity index (χ0n) is 16.2. The average Bonchev–Trinajstić information content (AvgIpc) is 3.35. The van der Waals surface area contributed by atoms with Crippen LogP contribution in [0, 0.1) is 5.82 Å². The fourth-order valence-electron chi connectivity index (χ4n) is 3.17. The van der Waals surface area contributed by atoms with Gasteiger partial charge >= 0.3 is 0 Å². The number of nitrogens with one attached hydrogen (secondary N) is 1. The molecule has 152 valence electrons. The monoisotopic (exact) mass is 422 g/mol. The lowest BCUT2D eigenvalue weighted by molar-refractivity contribution is -0.120. The van der Waals surface area contributed by atoms with Gasteiger partial charge in [-0.15, -0.1) is 11.3 Å². The van der Waals surface area contributed by atoms with Gasteiger partial charge < -0.3 is 10.1 Å². The number of amides is 2. The van der Waals surface area contributed by atoms with Gasteiger partial charge in [-0.2, -0.15) is 0 Å². The first-order valence-corrected chi connectivity index (χ1v) is 10.4. The summed E-state index contributed by atoms with van der Waals surface area (Å²) < 4.78 is 20.0. The van der Waals surface area contributed by atoms with E-state index in [1.54, 1.807) is 36.4 Å². The van der Waals surface area contributed by atoms with E-state index in [9.17, 15) is 14.0 Å². The standard InChI is InChI=1S/C23H19FN2O3S/c1-2-12-29-16-8-5-7-15(14-16)25-21-20(19-11-6-13-30-19)22(27)26(23(21)28)18-10-4-3-9-17(18)24/h3-11,13-14,25H,2,12H2,1H3. The largest absolute Gasteiger partial charge is 0.494 e. The fourth-order valence-corrected chi connectivity index (χ4v) is 3.94. The van der Waals surface area contributed by atoms with Crippen LogP contribution in [0.3, 0.4) is 0 Å². The molecule has 2 aromatic carbocycles. The summed E-state index contributed by atoms with van der Waals surface area (Å²) in [6.45, 7) is 2.59. The molecule has 0 radical (unpaired) electrons. The molecule has 2 amide bonds. The van der Waals surface area contributed by atoms with Crippen LogP contribution in [0.5, 0.6) is 5.75 Å². The first-order valence-electron chi connectivity index (χ1n) is 9.51. The highest BCUT2D eigenvalue weighted by Gasteiger charge is 2.41. The van der Waals surface area contributed by atoms with Crippen molar-refractivity contribution in [2.75, 3.05) is 16.8 Å². The Labute approximate surface area is 177 Å². The molecular weight excluding hydrogens is 403 g/mol. The molecule has 7 heteroatoms. The van der Waals surface area contributed by atoms with E-state index in [4.69, 9.17) is 4.74 Å². The number of hydrogen-bond donors (Lipinski definition) is 1. The van der Waals surface area contributed by atoms with Crippen LogP contribution in [-0.2, 0) is 9.59 Å². The summed E-state index contributed by atoms with van der Waals surface area (Å²) in [4.78, 5) is 27.9. The predicted molar refractivity (Wildman–Crippen MR) is 116 cm³/mol. The second kappa shape index (κ2) is 8.51. The number of imide groups is 1. The summed E-state index contributed by atoms with van der Waals surface area (Å²) in [5.74, 6) is -1.15. The molecule has 30 heavy (non-hydrogen) atoms. The number of ether oxygens (including phenoxy) is 1. The van der Waals surface area contributed by atoms with Gasteiger partial charge in [0, 0.05) is 16.6 Å². The lowest BCUT2D eigenvalue weighted by atomic mass is 10.2. The van der Waals surface area contributed by atoms with E-state index in [1.165, 1.54) is 29.5 Å². The molecule has 0 aliphatic carbocycles. The average molecular weight is 422 g/mol. The molecule has 0 atom stereocenters. The van der Waals surface area contributed by atoms with E-state index in [2.05, 4.69) is 5.32 Å². The Morgan fingerprint density at radius 1 is 1.03 bits per heavy atom. The zero-order chi connectivity index (χ0) is 21.1. The van der Waals surface area contributed by atoms with Crippen molar-refractivity contribution in [1.29, 1.82) is 0 Å². The highest BCUT2D eigenvalue weighted by atomic mass is 32.1. The molecular formula is C23H19FN2O3S. The van der Waals surface area contributed by atoms with Gasteiger partial charge in [-0.05, 0) is 42.1 Å². The third kappa shape index (κ3) is 3.71. The number of hydrogen-bond acceptors (Lipinski definition) is 5. The molecule has 0 bridgehead atoms. The Morgan fingerprint density at radius 2 is 1.87 bits per heavy atom. The molecule has 1 aliphatic rings. The van der Waals surface area contributed by atoms with Crippen molar-refractivity contribution in [2.24, 2.45) is 0 Å². The second-order valence-corrected chi connectivity index (χ2v) is 7.57. The quantitative estimate of drug-likeness (QED) is 0.540. The molecule has 0 fully saturated rings. The van der Waals surface area contributed by atoms with Crippen molar-refractivity contribution in [3.05, 3.63) is 82.4 Å². The summed E-state index contributed by atoms with van der Waals surface area (Å²) in [6.07, 6.45) is 0.871. The Bertz CT molecular complexity index is 1120. The highest BCUT2D eigenvalue weighted by molar-refractivity contribution is 7.11. The number of carbonyl (C=O) groups excluding carboxylic acids is 2. The Hall–Kier alpha value is -3.45. The van der Waals surface area contributed by atoms with Gasteiger partial charge in [-0.3, -0.25) is 9.59 Å². The molecule has 0 saturated carbocycles. The lowest BCUT2D eigenvalue weighted by Gasteiger charge is -2.16. The van der Waals surface area contributed by atoms with E-state index < -0.39 is 17.6 Å². The third-order valence-corrected chi connectivity index (χ3v) is 5.41. The van der Waals surface area contributed by atoms with Crippen molar-refractivity contribution >= 4 is 40.1 Å². The molecule has 4 rings (SSSR count). The van der Waals surface area contributed by atoms with Gasteiger partial charge in [0.2, 0.25) is 0 Å². The van der Waals surface area contributed by atoms with Crippen LogP contribution >= 0.6 is 11.3 Å². The van der Waals surface area contributed by atoms with Gasteiger partial charge in [0.1, 0.15) is 17.3 Å². The van der Waals surface area contributed by atoms with Crippen molar-refractivity contribution in [1.82, 2.24) is 0 Å². The van der Waals surface area contributed by atoms with Gasteiger partial charge in [-0.25, -0.2) is 9.29 Å². The van der Waals surface area contributed by atoms with Crippen LogP contribution in [0.4, 0.5) is 15.8 Å². The Morgan fingerprint density at radius 3 is 2.60 bits per heavy atom. The number of halogens is 1. The number of benzene rings is 2. The normalized spacial score (nSPS) is 13.9. The summed E-state index contributed by atoms with van der Waals surface area (Å²) in [6, 6.07) is 16.5. The van der Waals surface area contributed by atoms with Crippen LogP contribution in [0.1, 0.15) is 18.2 Å². The van der Waals surface area contributed by atoms with Gasteiger partial charge in [0.05, 0.1) is 17.9 Å². The van der Waals surface area contributed by atoms with Crippen molar-refractivity contribution in [3.8, 4) is 5.75 Å². The molecule has 0 spiro atoms. The maximum Gasteiger partial charge on any atom is 0.282 e. The van der Waals surface area contributed by atoms with Crippen LogP contribution in [-0.4, -0.2) is 18.4 Å². The molecule has 3 aromatic rings. The van der Waals surface area contributed by atoms with E-state index in [0.717, 1.165) is 11.3 Å². The van der Waals surface area contributed by atoms with Crippen molar-refractivity contribution in [2.45, 2.75) is 13.3 Å². The molecule has 0 saturated heterocycles. The minimum Gasteiger partial charge on any atom is -0.494 e. The van der Waals surface area contributed by atoms with E-state index in [-0.39, 0.29) is 17.0 Å². The SMILES string of the molecule is CCCOc1cccc(NC2=C(c3cccs3)C(=O)N(c3ccccc3F)C2=O)c1. The summed E-state index contributed by atoms with van der Waals surface area (Å²) in [7, 11) is 0. The number of carbonyl (C=O) groups is 2. The molecule has 1 aromatic heterocycles. The number of para-hydroxylation sites is 1. The van der Waals surface area contributed by atoms with Crippen LogP contribution < -0.4 is 15.0 Å². The maximum atomic E-state index is 14.4. The van der Waals surface area contributed by atoms with Crippen LogP contribution in [0.15, 0.2) is 71.7 Å². The number of rotatable bonds is 7. The number of anilines is 2. The zero-order valence-corrected chi connectivity index (χ0v) is 17.0. The Kier molecular flexibility index (Phi) is 5.63. The third-order valence-electron chi connectivity index (χ3n) is 4.52. The van der Waals surface area contributed by atoms with Gasteiger partial charge in [0.15, 0.2) is 0 Å². The van der Waals surface area contributed by atoms with Gasteiger partial charge in [-0.1, -0.05) is 31.2 Å². The summed E-state index contributed by atoms with van der Waals surface area (Å²) in [5, 5.41) is 4.89. The Balaban J connectivity index is 1.74. The lowest BCUT2D eigenvalue weighted by Crippen LogP contribution is -2.33. The molecule has 1 N–H and O–H groups in total. The number of thiophene rings is 1. The first kappa shape index (κ1) is 19.8. The summed E-state index contributed by atoms with van der Waals surface area (Å²) in [5.41, 5.74) is 0.860. The topological polar surface area (TPSA) is 58.6 Å². The smallest absolute Gasteiger partial charge is 0.282 e. The number of nitrogens with zero attached hydrogens (tertiary/aromatic N) is 1. The molecule has 5 nitrogen and oxygen atoms in total. The van der Waals surface area contributed by atoms with Crippen molar-refractivity contribution < 1.29 is 18.7 Å². The molecule has 0 unspecified atom stereocenters. The summed E-state index contributed by atoms with van der Waals surface area (Å²) >= 11 is 1.34. The van der Waals surface area contributed by atoms with Crippen molar-refractivity contribution in [3.63, 3.8) is 0 Å². The molecule has 1 aliphatic heterocycles. The predicted octanol–water partition coefficient (Wildman–Crippen LogP) is 5.07. The van der Waals surface area contributed by atoms with Crippen LogP contribution in [0.2, 0.25) is 0 Å². The fraction of sp³-hybridized carbons (Fsp3) is 0.130. The second-order valence-electron chi connectivity index (χ2n) is 6.63. The van der Waals surface area contributed by atoms with E-state index >= 15 is 0 Å². The van der Waals surface area contributed by atoms with E-state index in [1.807, 2.05) is 18.4 Å². The van der Waals surface area contributed by atoms with Gasteiger partial charge in [0.25, 0.3) is 11.8 Å². The van der Waals surface area contributed by atoms with Crippen LogP contribution in [0.25, 0.3) is 5.57 Å². The minimum absolute atomic E-state index is 0.0709. The maximum absolute atomic E-state index is 14.4.